The summed E-state index contributed by atoms with van der Waals surface area (Å²) in [5.41, 5.74) is -0.455. The number of carbonyl (C=O) groups is 1. The Morgan fingerprint density at radius 3 is 2.59 bits per heavy atom. The molecule has 0 aliphatic heterocycles. The van der Waals surface area contributed by atoms with Gasteiger partial charge in [0.25, 0.3) is 0 Å². The number of hydrogen-bond acceptors (Lipinski definition) is 2. The highest BCUT2D eigenvalue weighted by Crippen LogP contribution is 2.29. The van der Waals surface area contributed by atoms with Gasteiger partial charge in [-0.05, 0) is 42.8 Å². The van der Waals surface area contributed by atoms with Gasteiger partial charge >= 0.3 is 6.09 Å². The van der Waals surface area contributed by atoms with E-state index in [1.807, 2.05) is 0 Å². The molecule has 1 rings (SSSR count). The summed E-state index contributed by atoms with van der Waals surface area (Å²) in [5, 5.41) is 2.82. The molecule has 3 nitrogen and oxygen atoms in total. The van der Waals surface area contributed by atoms with E-state index in [2.05, 4.69) is 21.2 Å². The largest absolute Gasteiger partial charge is 0.413 e. The minimum Gasteiger partial charge on any atom is -0.407 e. The molecule has 0 saturated heterocycles. The fourth-order valence-electron chi connectivity index (χ4n) is 1.04. The average Bonchev–Trinajstić information content (AvgIpc) is 2.10. The van der Waals surface area contributed by atoms with Crippen LogP contribution >= 0.6 is 27.5 Å². The third kappa shape index (κ3) is 4.52. The maximum Gasteiger partial charge on any atom is 0.413 e. The molecule has 94 valence electrons. The van der Waals surface area contributed by atoms with Crippen molar-refractivity contribution >= 4 is 33.6 Å². The van der Waals surface area contributed by atoms with Gasteiger partial charge in [0.05, 0.1) is 4.47 Å². The van der Waals surface area contributed by atoms with Crippen LogP contribution in [0.15, 0.2) is 16.6 Å². The van der Waals surface area contributed by atoms with E-state index in [0.717, 1.165) is 0 Å². The molecule has 0 aromatic heterocycles. The SMILES string of the molecule is CC(C)(C)NC(=O)Oc1cc(Cl)cc(Br)c1F. The lowest BCUT2D eigenvalue weighted by atomic mass is 10.1. The number of nitrogens with one attached hydrogen (secondary N) is 1. The van der Waals surface area contributed by atoms with Gasteiger partial charge < -0.3 is 10.1 Å². The zero-order valence-electron chi connectivity index (χ0n) is 9.61. The number of rotatable bonds is 1. The van der Waals surface area contributed by atoms with E-state index in [9.17, 15) is 9.18 Å². The molecule has 0 bridgehead atoms. The first kappa shape index (κ1) is 14.3. The van der Waals surface area contributed by atoms with Crippen LogP contribution in [-0.4, -0.2) is 11.6 Å². The summed E-state index contributed by atoms with van der Waals surface area (Å²) in [4.78, 5) is 11.4. The second kappa shape index (κ2) is 5.23. The van der Waals surface area contributed by atoms with Gasteiger partial charge in [-0.1, -0.05) is 11.6 Å². The Bertz CT molecular complexity index is 446. The number of halogens is 3. The minimum atomic E-state index is -0.731. The van der Waals surface area contributed by atoms with Gasteiger partial charge in [-0.2, -0.15) is 0 Å². The van der Waals surface area contributed by atoms with Crippen molar-refractivity contribution < 1.29 is 13.9 Å². The van der Waals surface area contributed by atoms with Crippen LogP contribution in [-0.2, 0) is 0 Å². The molecule has 1 N–H and O–H groups in total. The number of benzene rings is 1. The molecular weight excluding hydrogens is 312 g/mol. The molecule has 0 heterocycles. The number of carbonyl (C=O) groups excluding carboxylic acids is 1. The normalized spacial score (nSPS) is 11.2. The van der Waals surface area contributed by atoms with Crippen molar-refractivity contribution in [3.05, 3.63) is 27.4 Å². The zero-order valence-corrected chi connectivity index (χ0v) is 11.9. The highest BCUT2D eigenvalue weighted by atomic mass is 79.9. The molecule has 1 aromatic carbocycles. The third-order valence-corrected chi connectivity index (χ3v) is 2.43. The highest BCUT2D eigenvalue weighted by Gasteiger charge is 2.18. The van der Waals surface area contributed by atoms with Crippen LogP contribution in [0.3, 0.4) is 0 Å². The number of amides is 1. The van der Waals surface area contributed by atoms with Crippen LogP contribution in [0.2, 0.25) is 5.02 Å². The van der Waals surface area contributed by atoms with Gasteiger partial charge in [0.2, 0.25) is 0 Å². The van der Waals surface area contributed by atoms with E-state index < -0.39 is 17.4 Å². The maximum atomic E-state index is 13.6. The topological polar surface area (TPSA) is 38.3 Å². The van der Waals surface area contributed by atoms with Crippen LogP contribution in [0.5, 0.6) is 5.75 Å². The lowest BCUT2D eigenvalue weighted by molar-refractivity contribution is 0.188. The smallest absolute Gasteiger partial charge is 0.407 e. The first-order valence-corrected chi connectivity index (χ1v) is 6.00. The van der Waals surface area contributed by atoms with E-state index >= 15 is 0 Å². The summed E-state index contributed by atoms with van der Waals surface area (Å²) in [6.07, 6.45) is -0.731. The fourth-order valence-corrected chi connectivity index (χ4v) is 1.82. The number of hydrogen-bond donors (Lipinski definition) is 1. The Kier molecular flexibility index (Phi) is 4.38. The summed E-state index contributed by atoms with van der Waals surface area (Å²) in [6, 6.07) is 2.62. The molecule has 0 radical (unpaired) electrons. The van der Waals surface area contributed by atoms with Crippen molar-refractivity contribution in [2.45, 2.75) is 26.3 Å². The van der Waals surface area contributed by atoms with Crippen molar-refractivity contribution in [1.82, 2.24) is 5.32 Å². The lowest BCUT2D eigenvalue weighted by Gasteiger charge is -2.20. The van der Waals surface area contributed by atoms with Gasteiger partial charge in [-0.15, -0.1) is 0 Å². The molecule has 0 atom stereocenters. The fraction of sp³-hybridized carbons (Fsp3) is 0.364. The summed E-state index contributed by atoms with van der Waals surface area (Å²) in [7, 11) is 0. The molecule has 17 heavy (non-hydrogen) atoms. The van der Waals surface area contributed by atoms with Crippen molar-refractivity contribution in [2.75, 3.05) is 0 Å². The maximum absolute atomic E-state index is 13.6. The quantitative estimate of drug-likeness (QED) is 0.789. The Morgan fingerprint density at radius 1 is 1.47 bits per heavy atom. The molecule has 0 aliphatic rings. The van der Waals surface area contributed by atoms with Crippen LogP contribution in [0.1, 0.15) is 20.8 Å². The molecule has 6 heteroatoms. The Hall–Kier alpha value is -0.810. The van der Waals surface area contributed by atoms with Crippen molar-refractivity contribution in [1.29, 1.82) is 0 Å². The summed E-state index contributed by atoms with van der Waals surface area (Å²) in [6.45, 7) is 5.37. The first-order valence-electron chi connectivity index (χ1n) is 4.83. The van der Waals surface area contributed by atoms with Gasteiger partial charge in [0, 0.05) is 16.6 Å². The molecule has 0 unspecified atom stereocenters. The second-order valence-corrected chi connectivity index (χ2v) is 5.76. The van der Waals surface area contributed by atoms with Gasteiger partial charge in [-0.3, -0.25) is 0 Å². The second-order valence-electron chi connectivity index (χ2n) is 4.46. The van der Waals surface area contributed by atoms with E-state index in [-0.39, 0.29) is 15.2 Å². The van der Waals surface area contributed by atoms with Crippen molar-refractivity contribution in [3.8, 4) is 5.75 Å². The summed E-state index contributed by atoms with van der Waals surface area (Å²) < 4.78 is 18.5. The van der Waals surface area contributed by atoms with Crippen LogP contribution in [0.25, 0.3) is 0 Å². The first-order chi connectivity index (χ1) is 7.69. The van der Waals surface area contributed by atoms with Crippen LogP contribution in [0.4, 0.5) is 9.18 Å². The summed E-state index contributed by atoms with van der Waals surface area (Å²) >= 11 is 8.71. The predicted molar refractivity (Wildman–Crippen MR) is 68.0 cm³/mol. The molecule has 0 spiro atoms. The lowest BCUT2D eigenvalue weighted by Crippen LogP contribution is -2.42. The van der Waals surface area contributed by atoms with Crippen molar-refractivity contribution in [3.63, 3.8) is 0 Å². The third-order valence-electron chi connectivity index (χ3n) is 1.64. The predicted octanol–water partition coefficient (Wildman–Crippen LogP) is 4.13. The molecule has 0 fully saturated rings. The summed E-state index contributed by atoms with van der Waals surface area (Å²) in [5.74, 6) is -0.885. The Morgan fingerprint density at radius 2 is 2.06 bits per heavy atom. The van der Waals surface area contributed by atoms with E-state index in [0.29, 0.717) is 0 Å². The van der Waals surface area contributed by atoms with Gasteiger partial charge in [0.15, 0.2) is 11.6 Å². The van der Waals surface area contributed by atoms with E-state index in [4.69, 9.17) is 16.3 Å². The molecule has 1 aromatic rings. The zero-order chi connectivity index (χ0) is 13.2. The molecule has 0 aliphatic carbocycles. The average molecular weight is 325 g/mol. The van der Waals surface area contributed by atoms with E-state index in [1.165, 1.54) is 12.1 Å². The van der Waals surface area contributed by atoms with Crippen LogP contribution in [0, 0.1) is 5.82 Å². The Balaban J connectivity index is 2.85. The van der Waals surface area contributed by atoms with Gasteiger partial charge in [0.1, 0.15) is 0 Å². The monoisotopic (exact) mass is 323 g/mol. The molecule has 1 amide bonds. The van der Waals surface area contributed by atoms with Gasteiger partial charge in [-0.25, -0.2) is 9.18 Å². The minimum absolute atomic E-state index is 0.142. The standard InChI is InChI=1S/C11H12BrClFNO2/c1-11(2,3)15-10(16)17-8-5-6(13)4-7(12)9(8)14/h4-5H,1-3H3,(H,15,16). The highest BCUT2D eigenvalue weighted by molar-refractivity contribution is 9.10. The molecule has 0 saturated carbocycles. The van der Waals surface area contributed by atoms with Crippen molar-refractivity contribution in [2.24, 2.45) is 0 Å². The number of ether oxygens (including phenoxy) is 1. The van der Waals surface area contributed by atoms with Crippen LogP contribution < -0.4 is 10.1 Å². The molecular formula is C11H12BrClFNO2. The Labute approximate surface area is 112 Å². The van der Waals surface area contributed by atoms with E-state index in [1.54, 1.807) is 20.8 Å².